The van der Waals surface area contributed by atoms with E-state index in [1.807, 2.05) is 12.1 Å². The molecule has 41 heavy (non-hydrogen) atoms. The zero-order valence-electron chi connectivity index (χ0n) is 24.3. The molecular weight excluding hydrogens is 577 g/mol. The lowest BCUT2D eigenvalue weighted by molar-refractivity contribution is 0.451. The molecule has 1 heterocycles. The molecule has 0 spiro atoms. The summed E-state index contributed by atoms with van der Waals surface area (Å²) < 4.78 is 62.1. The summed E-state index contributed by atoms with van der Waals surface area (Å²) >= 11 is 1.09. The predicted octanol–water partition coefficient (Wildman–Crippen LogP) is 9.09. The standard InChI is InChI=1S/C32H44O6S3/c1-3-5-7-8-9-10-11-12-13-14-16-28-19-23-30(24-20-28)41(35,36)38-32-26-39-25-31(32)37-40(33,34)29-21-17-27(18-22-29)15-6-4-2/h17-26H,3-16H2,1-2H3. The van der Waals surface area contributed by atoms with Gasteiger partial charge in [-0.3, -0.25) is 0 Å². The fourth-order valence-electron chi connectivity index (χ4n) is 4.57. The van der Waals surface area contributed by atoms with Gasteiger partial charge in [0.2, 0.25) is 0 Å². The zero-order chi connectivity index (χ0) is 29.6. The summed E-state index contributed by atoms with van der Waals surface area (Å²) in [6.45, 7) is 4.34. The van der Waals surface area contributed by atoms with Crippen LogP contribution in [0.4, 0.5) is 0 Å². The van der Waals surface area contributed by atoms with Crippen molar-refractivity contribution in [2.45, 2.75) is 114 Å². The summed E-state index contributed by atoms with van der Waals surface area (Å²) in [4.78, 5) is 0.00255. The van der Waals surface area contributed by atoms with Crippen molar-refractivity contribution in [3.8, 4) is 11.5 Å². The summed E-state index contributed by atoms with van der Waals surface area (Å²) in [5, 5.41) is 2.82. The Hall–Kier alpha value is -2.36. The first kappa shape index (κ1) is 33.1. The third kappa shape index (κ3) is 11.1. The van der Waals surface area contributed by atoms with Crippen molar-refractivity contribution in [3.63, 3.8) is 0 Å². The highest BCUT2D eigenvalue weighted by atomic mass is 32.2. The normalized spacial score (nSPS) is 12.0. The molecule has 0 aliphatic heterocycles. The monoisotopic (exact) mass is 620 g/mol. The summed E-state index contributed by atoms with van der Waals surface area (Å²) in [7, 11) is -8.33. The molecule has 0 saturated heterocycles. The first-order valence-corrected chi connectivity index (χ1v) is 18.6. The number of hydrogen-bond donors (Lipinski definition) is 0. The summed E-state index contributed by atoms with van der Waals surface area (Å²) in [5.74, 6) is -0.321. The van der Waals surface area contributed by atoms with E-state index >= 15 is 0 Å². The number of hydrogen-bond acceptors (Lipinski definition) is 7. The molecule has 0 aliphatic carbocycles. The van der Waals surface area contributed by atoms with Crippen LogP contribution in [0.15, 0.2) is 69.1 Å². The molecular formula is C32H44O6S3. The van der Waals surface area contributed by atoms with Crippen molar-refractivity contribution in [1.29, 1.82) is 0 Å². The Morgan fingerprint density at radius 1 is 0.512 bits per heavy atom. The maximum Gasteiger partial charge on any atom is 0.339 e. The van der Waals surface area contributed by atoms with Gasteiger partial charge in [-0.25, -0.2) is 0 Å². The summed E-state index contributed by atoms with van der Waals surface area (Å²) in [5.41, 5.74) is 2.13. The van der Waals surface area contributed by atoms with Crippen molar-refractivity contribution in [2.75, 3.05) is 0 Å². The van der Waals surface area contributed by atoms with E-state index in [9.17, 15) is 16.8 Å². The molecule has 3 rings (SSSR count). The van der Waals surface area contributed by atoms with Crippen LogP contribution in [0.1, 0.15) is 102 Å². The number of thiophene rings is 1. The highest BCUT2D eigenvalue weighted by Crippen LogP contribution is 2.36. The second kappa shape index (κ2) is 16.9. The number of unbranched alkanes of at least 4 members (excludes halogenated alkanes) is 10. The molecule has 226 valence electrons. The molecule has 0 bridgehead atoms. The van der Waals surface area contributed by atoms with E-state index < -0.39 is 20.2 Å². The van der Waals surface area contributed by atoms with E-state index in [-0.39, 0.29) is 21.3 Å². The van der Waals surface area contributed by atoms with Gasteiger partial charge in [0, 0.05) is 10.8 Å². The van der Waals surface area contributed by atoms with Gasteiger partial charge < -0.3 is 8.37 Å². The van der Waals surface area contributed by atoms with Crippen LogP contribution in [0.3, 0.4) is 0 Å². The van der Waals surface area contributed by atoms with Crippen LogP contribution in [-0.4, -0.2) is 16.8 Å². The van der Waals surface area contributed by atoms with E-state index in [4.69, 9.17) is 8.37 Å². The fourth-order valence-corrected chi connectivity index (χ4v) is 7.20. The molecule has 0 atom stereocenters. The van der Waals surface area contributed by atoms with Gasteiger partial charge in [0.25, 0.3) is 0 Å². The quantitative estimate of drug-likeness (QED) is 0.0925. The first-order valence-electron chi connectivity index (χ1n) is 14.9. The van der Waals surface area contributed by atoms with E-state index in [1.54, 1.807) is 12.1 Å². The van der Waals surface area contributed by atoms with Crippen molar-refractivity contribution in [3.05, 3.63) is 70.4 Å². The van der Waals surface area contributed by atoms with Crippen LogP contribution >= 0.6 is 11.3 Å². The lowest BCUT2D eigenvalue weighted by Crippen LogP contribution is -2.13. The van der Waals surface area contributed by atoms with Crippen LogP contribution in [0.2, 0.25) is 0 Å². The number of benzene rings is 2. The Morgan fingerprint density at radius 2 is 0.878 bits per heavy atom. The Labute approximate surface area is 251 Å². The molecule has 0 amide bonds. The highest BCUT2D eigenvalue weighted by molar-refractivity contribution is 7.87. The molecule has 2 aromatic carbocycles. The van der Waals surface area contributed by atoms with Gasteiger partial charge >= 0.3 is 20.2 Å². The van der Waals surface area contributed by atoms with E-state index in [0.717, 1.165) is 54.6 Å². The van der Waals surface area contributed by atoms with Crippen LogP contribution in [0, 0.1) is 0 Å². The third-order valence-corrected chi connectivity index (χ3v) is 10.3. The average Bonchev–Trinajstić information content (AvgIpc) is 3.38. The largest absolute Gasteiger partial charge is 0.374 e. The lowest BCUT2D eigenvalue weighted by Gasteiger charge is -2.10. The molecule has 0 saturated carbocycles. The molecule has 3 aromatic rings. The predicted molar refractivity (Wildman–Crippen MR) is 167 cm³/mol. The van der Waals surface area contributed by atoms with Crippen LogP contribution < -0.4 is 8.37 Å². The maximum atomic E-state index is 12.9. The van der Waals surface area contributed by atoms with Crippen LogP contribution in [0.5, 0.6) is 11.5 Å². The first-order chi connectivity index (χ1) is 19.7. The molecule has 9 heteroatoms. The van der Waals surface area contributed by atoms with Crippen molar-refractivity contribution in [1.82, 2.24) is 0 Å². The minimum atomic E-state index is -4.17. The summed E-state index contributed by atoms with van der Waals surface area (Å²) in [6, 6.07) is 13.2. The van der Waals surface area contributed by atoms with E-state index in [1.165, 1.54) is 92.8 Å². The molecule has 6 nitrogen and oxygen atoms in total. The maximum absolute atomic E-state index is 12.9. The fraction of sp³-hybridized carbons (Fsp3) is 0.500. The zero-order valence-corrected chi connectivity index (χ0v) is 26.8. The second-order valence-electron chi connectivity index (χ2n) is 10.5. The van der Waals surface area contributed by atoms with Gasteiger partial charge in [0.1, 0.15) is 9.79 Å². The molecule has 0 aliphatic rings. The van der Waals surface area contributed by atoms with Crippen molar-refractivity contribution < 1.29 is 25.2 Å². The smallest absolute Gasteiger partial charge is 0.339 e. The Morgan fingerprint density at radius 3 is 1.29 bits per heavy atom. The van der Waals surface area contributed by atoms with Gasteiger partial charge in [-0.2, -0.15) is 16.8 Å². The van der Waals surface area contributed by atoms with E-state index in [0.29, 0.717) is 0 Å². The third-order valence-electron chi connectivity index (χ3n) is 7.05. The second-order valence-corrected chi connectivity index (χ2v) is 14.3. The Bertz CT molecular complexity index is 1380. The number of rotatable bonds is 20. The average molecular weight is 621 g/mol. The van der Waals surface area contributed by atoms with Gasteiger partial charge in [0.15, 0.2) is 11.5 Å². The van der Waals surface area contributed by atoms with Crippen molar-refractivity contribution >= 4 is 31.6 Å². The Balaban J connectivity index is 1.50. The van der Waals surface area contributed by atoms with Crippen LogP contribution in [-0.2, 0) is 33.1 Å². The highest BCUT2D eigenvalue weighted by Gasteiger charge is 2.24. The lowest BCUT2D eigenvalue weighted by atomic mass is 10.0. The molecule has 1 aromatic heterocycles. The Kier molecular flexibility index (Phi) is 13.7. The molecule has 0 radical (unpaired) electrons. The molecule has 0 fully saturated rings. The SMILES string of the molecule is CCCCCCCCCCCCc1ccc(S(=O)(=O)Oc2cscc2OS(=O)(=O)c2ccc(CCCC)cc2)cc1. The van der Waals surface area contributed by atoms with Crippen LogP contribution in [0.25, 0.3) is 0 Å². The molecule has 0 N–H and O–H groups in total. The minimum absolute atomic E-state index is 0.00393. The van der Waals surface area contributed by atoms with E-state index in [2.05, 4.69) is 13.8 Å². The van der Waals surface area contributed by atoms with Gasteiger partial charge in [0.05, 0.1) is 0 Å². The minimum Gasteiger partial charge on any atom is -0.374 e. The molecule has 0 unspecified atom stereocenters. The topological polar surface area (TPSA) is 86.7 Å². The van der Waals surface area contributed by atoms with Gasteiger partial charge in [-0.05, 0) is 61.1 Å². The summed E-state index contributed by atoms with van der Waals surface area (Å²) in [6.07, 6.45) is 16.6. The van der Waals surface area contributed by atoms with Gasteiger partial charge in [-0.1, -0.05) is 102 Å². The number of aryl methyl sites for hydroxylation is 2. The van der Waals surface area contributed by atoms with Gasteiger partial charge in [-0.15, -0.1) is 11.3 Å². The van der Waals surface area contributed by atoms with Crippen molar-refractivity contribution in [2.24, 2.45) is 0 Å².